The molecule has 0 fully saturated rings. The van der Waals surface area contributed by atoms with E-state index in [0.29, 0.717) is 11.3 Å². The summed E-state index contributed by atoms with van der Waals surface area (Å²) >= 11 is 0. The van der Waals surface area contributed by atoms with Crippen molar-refractivity contribution in [3.8, 4) is 0 Å². The Morgan fingerprint density at radius 1 is 1.56 bits per heavy atom. The monoisotopic (exact) mass is 249 g/mol. The molecule has 18 heavy (non-hydrogen) atoms. The van der Waals surface area contributed by atoms with Gasteiger partial charge < -0.3 is 15.3 Å². The Kier molecular flexibility index (Phi) is 2.88. The molecule has 0 aliphatic rings. The van der Waals surface area contributed by atoms with E-state index < -0.39 is 11.9 Å². The van der Waals surface area contributed by atoms with Gasteiger partial charge in [-0.3, -0.25) is 9.48 Å². The number of nitrogens with two attached hydrogens (primary N) is 1. The largest absolute Gasteiger partial charge is 0.475 e. The van der Waals surface area contributed by atoms with Crippen molar-refractivity contribution in [1.29, 1.82) is 0 Å². The van der Waals surface area contributed by atoms with E-state index >= 15 is 0 Å². The van der Waals surface area contributed by atoms with Gasteiger partial charge in [0.25, 0.3) is 5.91 Å². The molecule has 2 aromatic heterocycles. The zero-order valence-electron chi connectivity index (χ0n) is 9.58. The number of furan rings is 1. The van der Waals surface area contributed by atoms with Gasteiger partial charge in [-0.1, -0.05) is 0 Å². The molecule has 94 valence electrons. The van der Waals surface area contributed by atoms with Crippen LogP contribution in [-0.2, 0) is 6.54 Å². The topological polar surface area (TPSA) is 111 Å². The molecule has 7 nitrogen and oxygen atoms in total. The quantitative estimate of drug-likeness (QED) is 0.825. The molecule has 2 heterocycles. The van der Waals surface area contributed by atoms with Crippen molar-refractivity contribution in [1.82, 2.24) is 9.78 Å². The molecule has 1 amide bonds. The fraction of sp³-hybridized carbons (Fsp3) is 0.182. The first-order chi connectivity index (χ1) is 8.47. The van der Waals surface area contributed by atoms with Crippen LogP contribution < -0.4 is 5.73 Å². The zero-order valence-corrected chi connectivity index (χ0v) is 9.58. The van der Waals surface area contributed by atoms with Crippen LogP contribution in [0.25, 0.3) is 0 Å². The van der Waals surface area contributed by atoms with Crippen molar-refractivity contribution in [2.24, 2.45) is 5.73 Å². The molecule has 0 saturated carbocycles. The molecule has 0 radical (unpaired) electrons. The van der Waals surface area contributed by atoms with E-state index in [-0.39, 0.29) is 17.9 Å². The van der Waals surface area contributed by atoms with E-state index in [9.17, 15) is 9.59 Å². The maximum absolute atomic E-state index is 10.9. The lowest BCUT2D eigenvalue weighted by Crippen LogP contribution is -2.09. The fourth-order valence-corrected chi connectivity index (χ4v) is 1.58. The van der Waals surface area contributed by atoms with E-state index in [0.717, 1.165) is 0 Å². The number of amides is 1. The maximum atomic E-state index is 10.9. The molecule has 3 N–H and O–H groups in total. The number of aryl methyl sites for hydroxylation is 1. The third-order valence-electron chi connectivity index (χ3n) is 2.40. The van der Waals surface area contributed by atoms with Gasteiger partial charge in [0.15, 0.2) is 0 Å². The normalized spacial score (nSPS) is 10.5. The van der Waals surface area contributed by atoms with Crippen LogP contribution in [0.15, 0.2) is 22.9 Å². The predicted molar refractivity (Wildman–Crippen MR) is 60.3 cm³/mol. The lowest BCUT2D eigenvalue weighted by molar-refractivity contribution is 0.0659. The van der Waals surface area contributed by atoms with Crippen molar-refractivity contribution >= 4 is 11.9 Å². The Morgan fingerprint density at radius 2 is 2.28 bits per heavy atom. The minimum atomic E-state index is -1.11. The van der Waals surface area contributed by atoms with Gasteiger partial charge in [0.05, 0.1) is 18.3 Å². The number of hydrogen-bond acceptors (Lipinski definition) is 4. The average molecular weight is 249 g/mol. The molecule has 2 aromatic rings. The van der Waals surface area contributed by atoms with Gasteiger partial charge in [0.1, 0.15) is 5.76 Å². The smallest absolute Gasteiger partial charge is 0.372 e. The molecule has 0 bridgehead atoms. The van der Waals surface area contributed by atoms with Crippen molar-refractivity contribution < 1.29 is 19.1 Å². The molecule has 0 saturated heterocycles. The third-order valence-corrected chi connectivity index (χ3v) is 2.40. The summed E-state index contributed by atoms with van der Waals surface area (Å²) in [6.07, 6.45) is 2.82. The molecule has 0 aliphatic carbocycles. The van der Waals surface area contributed by atoms with Crippen LogP contribution in [0.5, 0.6) is 0 Å². The minimum Gasteiger partial charge on any atom is -0.475 e. The van der Waals surface area contributed by atoms with Gasteiger partial charge in [-0.15, -0.1) is 0 Å². The summed E-state index contributed by atoms with van der Waals surface area (Å²) in [6.45, 7) is 1.88. The van der Waals surface area contributed by atoms with Crippen LogP contribution in [0.3, 0.4) is 0 Å². The third kappa shape index (κ3) is 2.24. The number of carboxylic acid groups (broad SMARTS) is 1. The van der Waals surface area contributed by atoms with Gasteiger partial charge >= 0.3 is 5.97 Å². The zero-order chi connectivity index (χ0) is 13.3. The highest BCUT2D eigenvalue weighted by atomic mass is 16.4. The molecule has 0 aromatic carbocycles. The molecular weight excluding hydrogens is 238 g/mol. The van der Waals surface area contributed by atoms with Crippen molar-refractivity contribution in [3.63, 3.8) is 0 Å². The maximum Gasteiger partial charge on any atom is 0.372 e. The summed E-state index contributed by atoms with van der Waals surface area (Å²) in [5.74, 6) is -1.32. The second kappa shape index (κ2) is 4.36. The summed E-state index contributed by atoms with van der Waals surface area (Å²) in [5.41, 5.74) is 5.93. The van der Waals surface area contributed by atoms with E-state index in [1.54, 1.807) is 13.0 Å². The molecular formula is C11H11N3O4. The molecule has 2 rings (SSSR count). The molecule has 0 atom stereocenters. The van der Waals surface area contributed by atoms with Crippen LogP contribution in [0.1, 0.15) is 32.2 Å². The lowest BCUT2D eigenvalue weighted by Gasteiger charge is -1.96. The molecule has 7 heteroatoms. The number of nitrogens with zero attached hydrogens (tertiary/aromatic N) is 2. The first-order valence-electron chi connectivity index (χ1n) is 5.12. The van der Waals surface area contributed by atoms with Crippen molar-refractivity contribution in [3.05, 3.63) is 41.1 Å². The highest BCUT2D eigenvalue weighted by Crippen LogP contribution is 2.15. The van der Waals surface area contributed by atoms with E-state index in [1.807, 2.05) is 0 Å². The summed E-state index contributed by atoms with van der Waals surface area (Å²) in [4.78, 5) is 21.7. The van der Waals surface area contributed by atoms with E-state index in [4.69, 9.17) is 15.3 Å². The molecule has 0 spiro atoms. The molecule has 0 aliphatic heterocycles. The Bertz CT molecular complexity index is 612. The first kappa shape index (κ1) is 11.9. The van der Waals surface area contributed by atoms with Crippen LogP contribution in [0.2, 0.25) is 0 Å². The standard InChI is InChI=1S/C11H11N3O4/c1-6-2-8(18-9(6)11(16)17)5-14-4-7(3-13-14)10(12)15/h2-4H,5H2,1H3,(H2,12,15)(H,16,17). The first-order valence-corrected chi connectivity index (χ1v) is 5.12. The number of carboxylic acids is 1. The SMILES string of the molecule is Cc1cc(Cn2cc(C(N)=O)cn2)oc1C(=O)O. The second-order valence-corrected chi connectivity index (χ2v) is 3.82. The van der Waals surface area contributed by atoms with Gasteiger partial charge in [-0.05, 0) is 13.0 Å². The summed E-state index contributed by atoms with van der Waals surface area (Å²) < 4.78 is 6.62. The van der Waals surface area contributed by atoms with Crippen LogP contribution in [0, 0.1) is 6.92 Å². The summed E-state index contributed by atoms with van der Waals surface area (Å²) in [5, 5.41) is 12.8. The minimum absolute atomic E-state index is 0.0905. The van der Waals surface area contributed by atoms with Crippen LogP contribution >= 0.6 is 0 Å². The Hall–Kier alpha value is -2.57. The number of carbonyl (C=O) groups is 2. The Labute approximate surface area is 102 Å². The van der Waals surface area contributed by atoms with E-state index in [1.165, 1.54) is 17.1 Å². The van der Waals surface area contributed by atoms with Gasteiger partial charge in [0.2, 0.25) is 5.76 Å². The Morgan fingerprint density at radius 3 is 2.78 bits per heavy atom. The van der Waals surface area contributed by atoms with Gasteiger partial charge in [-0.25, -0.2) is 4.79 Å². The Balaban J connectivity index is 2.20. The summed E-state index contributed by atoms with van der Waals surface area (Å²) in [6, 6.07) is 1.62. The second-order valence-electron chi connectivity index (χ2n) is 3.82. The van der Waals surface area contributed by atoms with Crippen molar-refractivity contribution in [2.45, 2.75) is 13.5 Å². The van der Waals surface area contributed by atoms with Crippen LogP contribution in [0.4, 0.5) is 0 Å². The van der Waals surface area contributed by atoms with Crippen molar-refractivity contribution in [2.75, 3.05) is 0 Å². The highest BCUT2D eigenvalue weighted by molar-refractivity contribution is 5.92. The van der Waals surface area contributed by atoms with Gasteiger partial charge in [0, 0.05) is 11.8 Å². The van der Waals surface area contributed by atoms with Crippen LogP contribution in [-0.4, -0.2) is 26.8 Å². The van der Waals surface area contributed by atoms with E-state index in [2.05, 4.69) is 5.10 Å². The number of carbonyl (C=O) groups excluding carboxylic acids is 1. The highest BCUT2D eigenvalue weighted by Gasteiger charge is 2.15. The fourth-order valence-electron chi connectivity index (χ4n) is 1.58. The number of aromatic carboxylic acids is 1. The average Bonchev–Trinajstić information content (AvgIpc) is 2.86. The van der Waals surface area contributed by atoms with Gasteiger partial charge in [-0.2, -0.15) is 5.10 Å². The number of hydrogen-bond donors (Lipinski definition) is 2. The lowest BCUT2D eigenvalue weighted by atomic mass is 10.2. The molecule has 0 unspecified atom stereocenters. The number of aromatic nitrogens is 2. The predicted octanol–water partition coefficient (Wildman–Crippen LogP) is 0.630. The number of primary amides is 1. The summed E-state index contributed by atoms with van der Waals surface area (Å²) in [7, 11) is 0. The number of rotatable bonds is 4.